The van der Waals surface area contributed by atoms with E-state index in [0.29, 0.717) is 18.8 Å². The van der Waals surface area contributed by atoms with Crippen LogP contribution in [-0.2, 0) is 19.2 Å². The van der Waals surface area contributed by atoms with Gasteiger partial charge in [0.1, 0.15) is 0 Å². The van der Waals surface area contributed by atoms with E-state index < -0.39 is 0 Å². The van der Waals surface area contributed by atoms with E-state index in [-0.39, 0.29) is 54.1 Å². The zero-order valence-electron chi connectivity index (χ0n) is 14.7. The largest absolute Gasteiger partial charge is 0.355 e. The van der Waals surface area contributed by atoms with Crippen molar-refractivity contribution in [3.8, 4) is 0 Å². The molecule has 2 aliphatic rings. The van der Waals surface area contributed by atoms with E-state index in [1.165, 1.54) is 35.9 Å². The van der Waals surface area contributed by atoms with Gasteiger partial charge in [-0.2, -0.15) is 0 Å². The van der Waals surface area contributed by atoms with Crippen molar-refractivity contribution < 1.29 is 19.2 Å². The molecule has 0 radical (unpaired) electrons. The number of piperidine rings is 1. The molecule has 0 aromatic rings. The second-order valence-corrected chi connectivity index (χ2v) is 7.88. The summed E-state index contributed by atoms with van der Waals surface area (Å²) in [5.41, 5.74) is 0. The van der Waals surface area contributed by atoms with E-state index in [4.69, 9.17) is 0 Å². The van der Waals surface area contributed by atoms with Crippen molar-refractivity contribution in [3.05, 3.63) is 0 Å². The number of carbonyl (C=O) groups is 4. The van der Waals surface area contributed by atoms with Gasteiger partial charge in [0.2, 0.25) is 23.6 Å². The third kappa shape index (κ3) is 6.68. The Hall–Kier alpha value is -1.57. The van der Waals surface area contributed by atoms with Gasteiger partial charge >= 0.3 is 0 Å². The zero-order valence-corrected chi connectivity index (χ0v) is 15.5. The Balaban J connectivity index is 1.52. The van der Waals surface area contributed by atoms with Crippen molar-refractivity contribution in [2.45, 2.75) is 39.0 Å². The van der Waals surface area contributed by atoms with Crippen LogP contribution in [0.1, 0.15) is 39.0 Å². The lowest BCUT2D eigenvalue weighted by Gasteiger charge is -2.28. The van der Waals surface area contributed by atoms with Gasteiger partial charge in [0.25, 0.3) is 0 Å². The molecular formula is C17H27N3O4S. The first-order valence-electron chi connectivity index (χ1n) is 8.90. The quantitative estimate of drug-likeness (QED) is 0.578. The maximum absolute atomic E-state index is 11.8. The Morgan fingerprint density at radius 2 is 1.68 bits per heavy atom. The van der Waals surface area contributed by atoms with Gasteiger partial charge in [-0.1, -0.05) is 13.3 Å². The van der Waals surface area contributed by atoms with Gasteiger partial charge in [0.05, 0.1) is 11.5 Å². The van der Waals surface area contributed by atoms with Crippen LogP contribution in [0, 0.1) is 11.8 Å². The van der Waals surface area contributed by atoms with E-state index in [1.807, 2.05) is 6.92 Å². The number of rotatable bonds is 9. The summed E-state index contributed by atoms with van der Waals surface area (Å²) in [5.74, 6) is 0.603. The van der Waals surface area contributed by atoms with E-state index in [1.54, 1.807) is 0 Å². The van der Waals surface area contributed by atoms with Crippen molar-refractivity contribution in [1.82, 2.24) is 15.5 Å². The third-order valence-electron chi connectivity index (χ3n) is 4.58. The van der Waals surface area contributed by atoms with Gasteiger partial charge in [0, 0.05) is 32.5 Å². The molecule has 140 valence electrons. The summed E-state index contributed by atoms with van der Waals surface area (Å²) in [6.07, 6.45) is 4.40. The molecule has 1 saturated carbocycles. The molecule has 1 saturated heterocycles. The summed E-state index contributed by atoms with van der Waals surface area (Å²) < 4.78 is 0. The Kier molecular flexibility index (Phi) is 7.74. The fraction of sp³-hybridized carbons (Fsp3) is 0.765. The highest BCUT2D eigenvalue weighted by atomic mass is 32.2. The summed E-state index contributed by atoms with van der Waals surface area (Å²) in [6, 6.07) is 0. The van der Waals surface area contributed by atoms with Crippen LogP contribution in [0.15, 0.2) is 0 Å². The van der Waals surface area contributed by atoms with Crippen molar-refractivity contribution in [1.29, 1.82) is 0 Å². The molecule has 0 aromatic carbocycles. The highest BCUT2D eigenvalue weighted by molar-refractivity contribution is 8.00. The lowest BCUT2D eigenvalue weighted by molar-refractivity contribution is -0.149. The van der Waals surface area contributed by atoms with Crippen LogP contribution in [0.2, 0.25) is 0 Å². The standard InChI is InChI=1S/C17H27N3O4S/c1-12-7-16(23)20(17(24)8-12)6-5-18-14(21)10-25-11-15(22)19-9-13-3-2-4-13/h12-13H,2-11H2,1H3,(H,18,21)(H,19,22). The van der Waals surface area contributed by atoms with Crippen LogP contribution in [-0.4, -0.2) is 59.7 Å². The highest BCUT2D eigenvalue weighted by Crippen LogP contribution is 2.25. The molecule has 2 fully saturated rings. The summed E-state index contributed by atoms with van der Waals surface area (Å²) in [4.78, 5) is 48.3. The molecule has 1 aliphatic heterocycles. The maximum Gasteiger partial charge on any atom is 0.230 e. The number of carbonyl (C=O) groups excluding carboxylic acids is 4. The Morgan fingerprint density at radius 1 is 1.08 bits per heavy atom. The molecule has 8 heteroatoms. The number of amides is 4. The number of likely N-dealkylation sites (tertiary alicyclic amines) is 1. The second-order valence-electron chi connectivity index (χ2n) is 6.90. The molecule has 1 heterocycles. The van der Waals surface area contributed by atoms with E-state index in [2.05, 4.69) is 10.6 Å². The van der Waals surface area contributed by atoms with Crippen LogP contribution < -0.4 is 10.6 Å². The van der Waals surface area contributed by atoms with E-state index in [9.17, 15) is 19.2 Å². The topological polar surface area (TPSA) is 95.6 Å². The molecule has 0 atom stereocenters. The molecule has 7 nitrogen and oxygen atoms in total. The summed E-state index contributed by atoms with van der Waals surface area (Å²) >= 11 is 1.26. The first-order chi connectivity index (χ1) is 12.0. The van der Waals surface area contributed by atoms with E-state index >= 15 is 0 Å². The van der Waals surface area contributed by atoms with Gasteiger partial charge in [-0.15, -0.1) is 11.8 Å². The van der Waals surface area contributed by atoms with Gasteiger partial charge in [-0.05, 0) is 24.7 Å². The van der Waals surface area contributed by atoms with Crippen molar-refractivity contribution in [2.75, 3.05) is 31.1 Å². The SMILES string of the molecule is CC1CC(=O)N(CCNC(=O)CSCC(=O)NCC2CCC2)C(=O)C1. The van der Waals surface area contributed by atoms with Gasteiger partial charge in [-0.3, -0.25) is 24.1 Å². The molecule has 0 bridgehead atoms. The number of imide groups is 1. The van der Waals surface area contributed by atoms with Gasteiger partial charge < -0.3 is 10.6 Å². The number of hydrogen-bond acceptors (Lipinski definition) is 5. The second kappa shape index (κ2) is 9.79. The molecule has 2 N–H and O–H groups in total. The summed E-state index contributed by atoms with van der Waals surface area (Å²) in [5, 5.41) is 5.57. The van der Waals surface area contributed by atoms with Gasteiger partial charge in [-0.25, -0.2) is 0 Å². The molecule has 0 unspecified atom stereocenters. The normalized spacial score (nSPS) is 18.8. The lowest BCUT2D eigenvalue weighted by atomic mass is 9.85. The smallest absolute Gasteiger partial charge is 0.230 e. The summed E-state index contributed by atoms with van der Waals surface area (Å²) in [7, 11) is 0. The van der Waals surface area contributed by atoms with Crippen LogP contribution in [0.3, 0.4) is 0 Å². The Labute approximate surface area is 152 Å². The fourth-order valence-electron chi connectivity index (χ4n) is 2.88. The molecule has 0 spiro atoms. The van der Waals surface area contributed by atoms with Crippen LogP contribution >= 0.6 is 11.8 Å². The van der Waals surface area contributed by atoms with Gasteiger partial charge in [0.15, 0.2) is 0 Å². The monoisotopic (exact) mass is 369 g/mol. The lowest BCUT2D eigenvalue weighted by Crippen LogP contribution is -2.46. The predicted molar refractivity (Wildman–Crippen MR) is 95.8 cm³/mol. The Morgan fingerprint density at radius 3 is 2.24 bits per heavy atom. The number of thioether (sulfide) groups is 1. The van der Waals surface area contributed by atoms with Crippen LogP contribution in [0.4, 0.5) is 0 Å². The van der Waals surface area contributed by atoms with E-state index in [0.717, 1.165) is 6.54 Å². The molecule has 1 aliphatic carbocycles. The first kappa shape index (κ1) is 19.8. The predicted octanol–water partition coefficient (Wildman–Crippen LogP) is 0.537. The minimum absolute atomic E-state index is 0.0386. The zero-order chi connectivity index (χ0) is 18.2. The van der Waals surface area contributed by atoms with Crippen LogP contribution in [0.25, 0.3) is 0 Å². The number of nitrogens with one attached hydrogen (secondary N) is 2. The third-order valence-corrected chi connectivity index (χ3v) is 5.52. The molecular weight excluding hydrogens is 342 g/mol. The highest BCUT2D eigenvalue weighted by Gasteiger charge is 2.29. The molecule has 25 heavy (non-hydrogen) atoms. The minimum atomic E-state index is -0.193. The minimum Gasteiger partial charge on any atom is -0.355 e. The average Bonchev–Trinajstić information content (AvgIpc) is 2.48. The van der Waals surface area contributed by atoms with Crippen molar-refractivity contribution in [3.63, 3.8) is 0 Å². The molecule has 4 amide bonds. The van der Waals surface area contributed by atoms with Crippen molar-refractivity contribution >= 4 is 35.4 Å². The summed E-state index contributed by atoms with van der Waals surface area (Å²) in [6.45, 7) is 3.08. The Bertz CT molecular complexity index is 504. The molecule has 0 aromatic heterocycles. The van der Waals surface area contributed by atoms with Crippen molar-refractivity contribution in [2.24, 2.45) is 11.8 Å². The van der Waals surface area contributed by atoms with Crippen LogP contribution in [0.5, 0.6) is 0 Å². The first-order valence-corrected chi connectivity index (χ1v) is 10.1. The average molecular weight is 369 g/mol. The number of hydrogen-bond donors (Lipinski definition) is 2. The molecule has 2 rings (SSSR count). The fourth-order valence-corrected chi connectivity index (χ4v) is 3.55. The maximum atomic E-state index is 11.8. The number of nitrogens with zero attached hydrogens (tertiary/aromatic N) is 1.